The fourth-order valence-electron chi connectivity index (χ4n) is 2.10. The summed E-state index contributed by atoms with van der Waals surface area (Å²) in [5, 5.41) is 8.57. The molecule has 1 aliphatic rings. The van der Waals surface area contributed by atoms with Crippen LogP contribution in [0.5, 0.6) is 0 Å². The summed E-state index contributed by atoms with van der Waals surface area (Å²) >= 11 is 5.95. The number of nitrogens with zero attached hydrogens (tertiary/aromatic N) is 2. The van der Waals surface area contributed by atoms with Gasteiger partial charge in [-0.3, -0.25) is 4.68 Å². The molecule has 0 saturated carbocycles. The number of piperidine rings is 1. The van der Waals surface area contributed by atoms with Crippen LogP contribution in [0.4, 0.5) is 0 Å². The largest absolute Gasteiger partial charge is 0.314 e. The van der Waals surface area contributed by atoms with Gasteiger partial charge in [0.2, 0.25) is 0 Å². The average Bonchev–Trinajstić information content (AvgIpc) is 2.59. The maximum atomic E-state index is 5.95. The van der Waals surface area contributed by atoms with E-state index in [0.29, 0.717) is 6.04 Å². The van der Waals surface area contributed by atoms with Gasteiger partial charge in [0.1, 0.15) is 0 Å². The molecular weight excluding hydrogens is 210 g/mol. The lowest BCUT2D eigenvalue weighted by Crippen LogP contribution is -2.34. The highest BCUT2D eigenvalue weighted by molar-refractivity contribution is 6.31. The minimum atomic E-state index is 0.668. The minimum absolute atomic E-state index is 0.668. The van der Waals surface area contributed by atoms with Crippen molar-refractivity contribution in [2.24, 2.45) is 0 Å². The second-order valence-electron chi connectivity index (χ2n) is 4.24. The maximum Gasteiger partial charge on any atom is 0.0814 e. The Hall–Kier alpha value is -0.540. The molecule has 1 fully saturated rings. The summed E-state index contributed by atoms with van der Waals surface area (Å²) in [4.78, 5) is 0. The van der Waals surface area contributed by atoms with Crippen LogP contribution >= 0.6 is 11.6 Å². The van der Waals surface area contributed by atoms with Crippen molar-refractivity contribution in [3.05, 3.63) is 16.9 Å². The molecule has 1 aromatic rings. The number of hydrogen-bond acceptors (Lipinski definition) is 2. The van der Waals surface area contributed by atoms with Gasteiger partial charge in [0.15, 0.2) is 0 Å². The highest BCUT2D eigenvalue weighted by Crippen LogP contribution is 2.15. The predicted molar refractivity (Wildman–Crippen MR) is 62.2 cm³/mol. The molecule has 1 atom stereocenters. The normalized spacial score (nSPS) is 21.9. The Morgan fingerprint density at radius 2 is 2.47 bits per heavy atom. The molecule has 1 N–H and O–H groups in total. The highest BCUT2D eigenvalue weighted by atomic mass is 35.5. The summed E-state index contributed by atoms with van der Waals surface area (Å²) in [6, 6.07) is 0.668. The molecule has 3 nitrogen and oxygen atoms in total. The van der Waals surface area contributed by atoms with Crippen molar-refractivity contribution in [3.8, 4) is 0 Å². The lowest BCUT2D eigenvalue weighted by atomic mass is 10.0. The van der Waals surface area contributed by atoms with Crippen LogP contribution in [0.1, 0.15) is 31.4 Å². The third-order valence-corrected chi connectivity index (χ3v) is 3.52. The maximum absolute atomic E-state index is 5.95. The average molecular weight is 228 g/mol. The Kier molecular flexibility index (Phi) is 3.65. The summed E-state index contributed by atoms with van der Waals surface area (Å²) in [6.07, 6.45) is 6.86. The van der Waals surface area contributed by atoms with E-state index in [2.05, 4.69) is 10.4 Å². The fourth-order valence-corrected chi connectivity index (χ4v) is 2.24. The van der Waals surface area contributed by atoms with E-state index in [1.807, 2.05) is 11.6 Å². The Labute approximate surface area is 95.8 Å². The van der Waals surface area contributed by atoms with Crippen LogP contribution in [0.25, 0.3) is 0 Å². The molecular formula is C11H18ClN3. The zero-order valence-electron chi connectivity index (χ0n) is 9.17. The summed E-state index contributed by atoms with van der Waals surface area (Å²) < 4.78 is 2.00. The Morgan fingerprint density at radius 3 is 3.07 bits per heavy atom. The molecule has 1 saturated heterocycles. The summed E-state index contributed by atoms with van der Waals surface area (Å²) in [6.45, 7) is 4.16. The van der Waals surface area contributed by atoms with Crippen molar-refractivity contribution in [1.29, 1.82) is 0 Å². The molecule has 0 aliphatic carbocycles. The summed E-state index contributed by atoms with van der Waals surface area (Å²) in [7, 11) is 0. The van der Waals surface area contributed by atoms with E-state index >= 15 is 0 Å². The van der Waals surface area contributed by atoms with Gasteiger partial charge in [0, 0.05) is 12.6 Å². The van der Waals surface area contributed by atoms with Crippen molar-refractivity contribution in [1.82, 2.24) is 15.1 Å². The molecule has 2 rings (SSSR count). The standard InChI is InChI=1S/C11H18ClN3/c1-9-11(12)8-14-15(9)7-5-10-4-2-3-6-13-10/h8,10,13H,2-7H2,1H3. The van der Waals surface area contributed by atoms with Gasteiger partial charge >= 0.3 is 0 Å². The molecule has 1 unspecified atom stereocenters. The van der Waals surface area contributed by atoms with Gasteiger partial charge in [0.25, 0.3) is 0 Å². The van der Waals surface area contributed by atoms with Gasteiger partial charge in [-0.15, -0.1) is 0 Å². The van der Waals surface area contributed by atoms with Gasteiger partial charge in [-0.2, -0.15) is 5.10 Å². The molecule has 0 aromatic carbocycles. The Balaban J connectivity index is 1.84. The van der Waals surface area contributed by atoms with E-state index in [1.165, 1.54) is 25.8 Å². The Bertz CT molecular complexity index is 316. The molecule has 0 radical (unpaired) electrons. The third-order valence-electron chi connectivity index (χ3n) is 3.15. The van der Waals surface area contributed by atoms with Gasteiger partial charge in [-0.1, -0.05) is 18.0 Å². The number of aryl methyl sites for hydroxylation is 1. The third kappa shape index (κ3) is 2.73. The van der Waals surface area contributed by atoms with Gasteiger partial charge in [0.05, 0.1) is 16.9 Å². The first-order chi connectivity index (χ1) is 7.27. The van der Waals surface area contributed by atoms with Gasteiger partial charge in [-0.05, 0) is 32.7 Å². The first-order valence-electron chi connectivity index (χ1n) is 5.68. The fraction of sp³-hybridized carbons (Fsp3) is 0.727. The molecule has 0 spiro atoms. The monoisotopic (exact) mass is 227 g/mol. The van der Waals surface area contributed by atoms with Crippen LogP contribution in [-0.2, 0) is 6.54 Å². The van der Waals surface area contributed by atoms with E-state index in [-0.39, 0.29) is 0 Å². The van der Waals surface area contributed by atoms with Crippen LogP contribution in [0.2, 0.25) is 5.02 Å². The van der Waals surface area contributed by atoms with E-state index < -0.39 is 0 Å². The quantitative estimate of drug-likeness (QED) is 0.860. The molecule has 15 heavy (non-hydrogen) atoms. The van der Waals surface area contributed by atoms with Crippen molar-refractivity contribution in [2.45, 2.75) is 45.2 Å². The Morgan fingerprint density at radius 1 is 1.60 bits per heavy atom. The number of hydrogen-bond donors (Lipinski definition) is 1. The van der Waals surface area contributed by atoms with Crippen LogP contribution in [-0.4, -0.2) is 22.4 Å². The van der Waals surface area contributed by atoms with Gasteiger partial charge < -0.3 is 5.32 Å². The second kappa shape index (κ2) is 4.99. The smallest absolute Gasteiger partial charge is 0.0814 e. The van der Waals surface area contributed by atoms with Crippen LogP contribution in [0.15, 0.2) is 6.20 Å². The van der Waals surface area contributed by atoms with Crippen molar-refractivity contribution < 1.29 is 0 Å². The molecule has 0 bridgehead atoms. The first kappa shape index (κ1) is 11.0. The summed E-state index contributed by atoms with van der Waals surface area (Å²) in [5.74, 6) is 0. The van der Waals surface area contributed by atoms with Gasteiger partial charge in [-0.25, -0.2) is 0 Å². The predicted octanol–water partition coefficient (Wildman–Crippen LogP) is 2.38. The molecule has 2 heterocycles. The zero-order valence-corrected chi connectivity index (χ0v) is 9.93. The van der Waals surface area contributed by atoms with Crippen LogP contribution < -0.4 is 5.32 Å². The number of aromatic nitrogens is 2. The van der Waals surface area contributed by atoms with E-state index in [4.69, 9.17) is 11.6 Å². The van der Waals surface area contributed by atoms with Crippen molar-refractivity contribution >= 4 is 11.6 Å². The van der Waals surface area contributed by atoms with Crippen molar-refractivity contribution in [2.75, 3.05) is 6.54 Å². The van der Waals surface area contributed by atoms with Crippen LogP contribution in [0, 0.1) is 6.92 Å². The van der Waals surface area contributed by atoms with E-state index in [1.54, 1.807) is 6.20 Å². The van der Waals surface area contributed by atoms with E-state index in [0.717, 1.165) is 23.7 Å². The second-order valence-corrected chi connectivity index (χ2v) is 4.64. The molecule has 4 heteroatoms. The topological polar surface area (TPSA) is 29.9 Å². The molecule has 1 aromatic heterocycles. The molecule has 1 aliphatic heterocycles. The highest BCUT2D eigenvalue weighted by Gasteiger charge is 2.13. The molecule has 84 valence electrons. The first-order valence-corrected chi connectivity index (χ1v) is 6.06. The lowest BCUT2D eigenvalue weighted by molar-refractivity contribution is 0.359. The number of halogens is 1. The summed E-state index contributed by atoms with van der Waals surface area (Å²) in [5.41, 5.74) is 1.08. The van der Waals surface area contributed by atoms with E-state index in [9.17, 15) is 0 Å². The van der Waals surface area contributed by atoms with Crippen molar-refractivity contribution in [3.63, 3.8) is 0 Å². The van der Waals surface area contributed by atoms with Crippen LogP contribution in [0.3, 0.4) is 0 Å². The number of nitrogens with one attached hydrogen (secondary N) is 1. The zero-order chi connectivity index (χ0) is 10.7. The molecule has 0 amide bonds. The minimum Gasteiger partial charge on any atom is -0.314 e. The number of rotatable bonds is 3. The lowest BCUT2D eigenvalue weighted by Gasteiger charge is -2.23. The SMILES string of the molecule is Cc1c(Cl)cnn1CCC1CCCCN1.